The Morgan fingerprint density at radius 3 is 3.38 bits per heavy atom. The zero-order chi connectivity index (χ0) is 6.69. The topological polar surface area (TPSA) is 17.8 Å². The van der Waals surface area contributed by atoms with E-state index in [0.717, 1.165) is 5.69 Å². The van der Waals surface area contributed by atoms with Gasteiger partial charge in [-0.1, -0.05) is 6.80 Å². The molecule has 1 heterocycles. The number of imidazole rings is 1. The van der Waals surface area contributed by atoms with E-state index in [0.29, 0.717) is 6.80 Å². The molecule has 0 aliphatic rings. The molecule has 41 valence electrons. The van der Waals surface area contributed by atoms with Crippen molar-refractivity contribution in [1.82, 2.24) is 9.46 Å². The van der Waals surface area contributed by atoms with E-state index >= 15 is 0 Å². The second-order valence-corrected chi connectivity index (χ2v) is 1.64. The Labute approximate surface area is 51.2 Å². The van der Waals surface area contributed by atoms with Gasteiger partial charge in [0.05, 0.1) is 12.0 Å². The van der Waals surface area contributed by atoms with Gasteiger partial charge in [-0.05, 0) is 6.92 Å². The maximum atomic E-state index is 6.85. The van der Waals surface area contributed by atoms with Gasteiger partial charge in [-0.2, -0.15) is 0 Å². The number of rotatable bonds is 1. The molecule has 0 saturated carbocycles. The highest BCUT2D eigenvalue weighted by atomic mass is 15.0. The summed E-state index contributed by atoms with van der Waals surface area (Å²) in [4.78, 5) is 3.98. The second kappa shape index (κ2) is 2.03. The molecule has 0 bridgehead atoms. The molecule has 1 aromatic rings. The van der Waals surface area contributed by atoms with Gasteiger partial charge in [0.1, 0.15) is 0 Å². The van der Waals surface area contributed by atoms with Crippen LogP contribution in [0.25, 0.3) is 0 Å². The highest BCUT2D eigenvalue weighted by Gasteiger charge is 1.87. The van der Waals surface area contributed by atoms with Gasteiger partial charge in [0.15, 0.2) is 0 Å². The number of hydrogen-bond donors (Lipinski definition) is 0. The Kier molecular flexibility index (Phi) is 1.06. The summed E-state index contributed by atoms with van der Waals surface area (Å²) >= 11 is 0. The normalized spacial score (nSPS) is 10.9. The third kappa shape index (κ3) is 0.913. The lowest BCUT2D eigenvalue weighted by atomic mass is 10.0. The number of hydrogen-bond acceptors (Lipinski definition) is 1. The fraction of sp³-hybridized carbons (Fsp3) is 0.400. The van der Waals surface area contributed by atoms with Crippen molar-refractivity contribution < 1.29 is 1.37 Å². The van der Waals surface area contributed by atoms with E-state index in [1.165, 1.54) is 0 Å². The minimum Gasteiger partial charge on any atom is -0.387 e. The first kappa shape index (κ1) is 4.18. The molecule has 1 rings (SSSR count). The Balaban J connectivity index is 2.61. The molecule has 0 aliphatic heterocycles. The lowest BCUT2D eigenvalue weighted by Crippen LogP contribution is -1.95. The van der Waals surface area contributed by atoms with Gasteiger partial charge in [-0.25, -0.2) is 4.98 Å². The molecule has 0 N–H and O–H groups in total. The number of aryl methyl sites for hydroxylation is 1. The molecule has 0 saturated heterocycles. The van der Waals surface area contributed by atoms with E-state index in [1.54, 1.807) is 18.2 Å². The molecule has 0 atom stereocenters. The van der Waals surface area contributed by atoms with Crippen LogP contribution in [0.1, 0.15) is 7.06 Å². The zero-order valence-corrected chi connectivity index (χ0v) is 4.83. The van der Waals surface area contributed by atoms with Crippen LogP contribution in [0.15, 0.2) is 12.5 Å². The first-order valence-corrected chi connectivity index (χ1v) is 2.45. The maximum absolute atomic E-state index is 6.85. The van der Waals surface area contributed by atoms with Crippen molar-refractivity contribution in [3.05, 3.63) is 18.2 Å². The lowest BCUT2D eigenvalue weighted by molar-refractivity contribution is 1.19. The Bertz CT molecular complexity index is 187. The summed E-state index contributed by atoms with van der Waals surface area (Å²) in [6.07, 6.45) is 3.58. The average Bonchev–Trinajstić information content (AvgIpc) is 2.17. The molecule has 2 nitrogen and oxygen atoms in total. The van der Waals surface area contributed by atoms with Crippen molar-refractivity contribution in [3.8, 4) is 0 Å². The van der Waals surface area contributed by atoms with Crippen LogP contribution in [0.2, 0.25) is 6.80 Å². The molecule has 0 spiro atoms. The van der Waals surface area contributed by atoms with Crippen molar-refractivity contribution >= 4 is 7.41 Å². The van der Waals surface area contributed by atoms with Crippen LogP contribution in [-0.2, 0) is 0 Å². The number of nitrogens with zero attached hydrogens (tertiary/aromatic N) is 2. The third-order valence-corrected chi connectivity index (χ3v) is 0.941. The molecular formula is C5H8BN2. The SMILES string of the molecule is [2H]C[B]n1cnc(C)c1. The van der Waals surface area contributed by atoms with Crippen LogP contribution in [0.3, 0.4) is 0 Å². The van der Waals surface area contributed by atoms with Gasteiger partial charge in [0.2, 0.25) is 7.41 Å². The van der Waals surface area contributed by atoms with E-state index in [9.17, 15) is 0 Å². The molecular weight excluding hydrogens is 98.9 g/mol. The summed E-state index contributed by atoms with van der Waals surface area (Å²) in [5.41, 5.74) is 0.986. The summed E-state index contributed by atoms with van der Waals surface area (Å²) in [5, 5.41) is 0. The van der Waals surface area contributed by atoms with E-state index in [2.05, 4.69) is 4.98 Å². The van der Waals surface area contributed by atoms with Gasteiger partial charge in [-0.15, -0.1) is 0 Å². The summed E-state index contributed by atoms with van der Waals surface area (Å²) in [6, 6.07) is 0. The van der Waals surface area contributed by atoms with Crippen molar-refractivity contribution in [1.29, 1.82) is 0 Å². The molecule has 0 amide bonds. The molecule has 0 aliphatic carbocycles. The van der Waals surface area contributed by atoms with E-state index in [1.807, 2.05) is 13.1 Å². The second-order valence-electron chi connectivity index (χ2n) is 1.64. The Morgan fingerprint density at radius 2 is 2.88 bits per heavy atom. The molecule has 0 aromatic carbocycles. The van der Waals surface area contributed by atoms with Gasteiger partial charge in [0, 0.05) is 7.57 Å². The zero-order valence-electron chi connectivity index (χ0n) is 5.83. The maximum Gasteiger partial charge on any atom is 0.249 e. The van der Waals surface area contributed by atoms with Gasteiger partial charge >= 0.3 is 0 Å². The largest absolute Gasteiger partial charge is 0.387 e. The minimum absolute atomic E-state index is 0.301. The average molecular weight is 108 g/mol. The van der Waals surface area contributed by atoms with Gasteiger partial charge in [0.25, 0.3) is 0 Å². The van der Waals surface area contributed by atoms with Crippen LogP contribution < -0.4 is 0 Å². The van der Waals surface area contributed by atoms with Crippen molar-refractivity contribution in [2.24, 2.45) is 0 Å². The lowest BCUT2D eigenvalue weighted by Gasteiger charge is -1.86. The predicted molar refractivity (Wildman–Crippen MR) is 34.0 cm³/mol. The summed E-state index contributed by atoms with van der Waals surface area (Å²) in [6.45, 7) is 2.23. The summed E-state index contributed by atoms with van der Waals surface area (Å²) < 4.78 is 8.64. The summed E-state index contributed by atoms with van der Waals surface area (Å²) in [5.74, 6) is 0. The highest BCUT2D eigenvalue weighted by molar-refractivity contribution is 6.31. The molecule has 3 heteroatoms. The quantitative estimate of drug-likeness (QED) is 0.484. The predicted octanol–water partition coefficient (Wildman–Crippen LogP) is 0.707. The molecule has 8 heavy (non-hydrogen) atoms. The van der Waals surface area contributed by atoms with Crippen LogP contribution in [0.5, 0.6) is 0 Å². The van der Waals surface area contributed by atoms with Gasteiger partial charge < -0.3 is 4.48 Å². The van der Waals surface area contributed by atoms with Crippen LogP contribution >= 0.6 is 0 Å². The monoisotopic (exact) mass is 108 g/mol. The van der Waals surface area contributed by atoms with Crippen molar-refractivity contribution in [3.63, 3.8) is 0 Å². The Morgan fingerprint density at radius 1 is 2.00 bits per heavy atom. The molecule has 0 unspecified atom stereocenters. The van der Waals surface area contributed by atoms with E-state index < -0.39 is 0 Å². The number of aromatic nitrogens is 2. The fourth-order valence-corrected chi connectivity index (χ4v) is 0.540. The summed E-state index contributed by atoms with van der Waals surface area (Å²) in [7, 11) is 1.75. The van der Waals surface area contributed by atoms with Crippen molar-refractivity contribution in [2.45, 2.75) is 13.7 Å². The Hall–Kier alpha value is -0.725. The van der Waals surface area contributed by atoms with E-state index in [4.69, 9.17) is 1.37 Å². The smallest absolute Gasteiger partial charge is 0.249 e. The molecule has 1 radical (unpaired) electrons. The van der Waals surface area contributed by atoms with Crippen molar-refractivity contribution in [2.75, 3.05) is 0 Å². The van der Waals surface area contributed by atoms with Crippen LogP contribution in [0.4, 0.5) is 0 Å². The standard InChI is InChI=1S/C5H8BN2/c1-5-3-8(6-2)4-7-5/h3-4H,1-2H3/i2D. The molecule has 1 aromatic heterocycles. The van der Waals surface area contributed by atoms with Crippen LogP contribution in [0, 0.1) is 6.92 Å². The van der Waals surface area contributed by atoms with Gasteiger partial charge in [-0.3, -0.25) is 0 Å². The first-order chi connectivity index (χ1) is 4.33. The third-order valence-electron chi connectivity index (χ3n) is 0.941. The van der Waals surface area contributed by atoms with E-state index in [-0.39, 0.29) is 0 Å². The first-order valence-electron chi connectivity index (χ1n) is 3.16. The minimum atomic E-state index is 0.301. The molecule has 0 fully saturated rings. The van der Waals surface area contributed by atoms with Crippen LogP contribution in [-0.4, -0.2) is 16.9 Å². The fourth-order valence-electron chi connectivity index (χ4n) is 0.540. The highest BCUT2D eigenvalue weighted by Crippen LogP contribution is 1.88.